The van der Waals surface area contributed by atoms with Crippen molar-refractivity contribution in [1.29, 1.82) is 0 Å². The van der Waals surface area contributed by atoms with Gasteiger partial charge in [-0.3, -0.25) is 5.32 Å². The molecule has 0 amide bonds. The van der Waals surface area contributed by atoms with Crippen molar-refractivity contribution in [3.63, 3.8) is 0 Å². The summed E-state index contributed by atoms with van der Waals surface area (Å²) in [4.78, 5) is 12.0. The van der Waals surface area contributed by atoms with Crippen LogP contribution in [0.25, 0.3) is 0 Å². The Kier molecular flexibility index (Phi) is 5.12. The van der Waals surface area contributed by atoms with Gasteiger partial charge in [0.05, 0.1) is 13.7 Å². The van der Waals surface area contributed by atoms with Gasteiger partial charge in [-0.25, -0.2) is 4.79 Å². The molecule has 0 radical (unpaired) electrons. The first kappa shape index (κ1) is 13.7. The summed E-state index contributed by atoms with van der Waals surface area (Å²) in [6, 6.07) is 9.44. The van der Waals surface area contributed by atoms with Crippen molar-refractivity contribution in [2.24, 2.45) is 0 Å². The lowest BCUT2D eigenvalue weighted by molar-refractivity contribution is -0.152. The van der Waals surface area contributed by atoms with E-state index in [2.05, 4.69) is 5.32 Å². The number of ether oxygens (including phenoxy) is 2. The van der Waals surface area contributed by atoms with Gasteiger partial charge in [-0.1, -0.05) is 30.3 Å². The molecule has 1 unspecified atom stereocenters. The first-order chi connectivity index (χ1) is 8.21. The Morgan fingerprint density at radius 2 is 2.00 bits per heavy atom. The van der Waals surface area contributed by atoms with E-state index in [1.165, 1.54) is 7.11 Å². The normalized spacial score (nSPS) is 14.1. The van der Waals surface area contributed by atoms with E-state index in [-0.39, 0.29) is 12.6 Å². The molecule has 1 aromatic carbocycles. The van der Waals surface area contributed by atoms with Gasteiger partial charge in [-0.15, -0.1) is 0 Å². The Morgan fingerprint density at radius 3 is 2.47 bits per heavy atom. The van der Waals surface area contributed by atoms with Crippen LogP contribution in [-0.2, 0) is 19.8 Å². The van der Waals surface area contributed by atoms with E-state index in [0.29, 0.717) is 6.61 Å². The molecule has 0 heterocycles. The summed E-state index contributed by atoms with van der Waals surface area (Å²) in [5.41, 5.74) is -0.103. The molecule has 0 bridgehead atoms. The van der Waals surface area contributed by atoms with Crippen LogP contribution in [0, 0.1) is 0 Å². The lowest BCUT2D eigenvalue weighted by Crippen LogP contribution is -2.51. The van der Waals surface area contributed by atoms with E-state index in [9.17, 15) is 4.79 Å². The van der Waals surface area contributed by atoms with Crippen molar-refractivity contribution in [3.8, 4) is 0 Å². The second-order valence-electron chi connectivity index (χ2n) is 3.65. The molecule has 0 saturated carbocycles. The first-order valence-corrected chi connectivity index (χ1v) is 5.62. The zero-order valence-electron chi connectivity index (χ0n) is 10.5. The van der Waals surface area contributed by atoms with Crippen molar-refractivity contribution in [3.05, 3.63) is 35.9 Å². The summed E-state index contributed by atoms with van der Waals surface area (Å²) in [6.07, 6.45) is 0. The van der Waals surface area contributed by atoms with E-state index in [1.54, 1.807) is 7.05 Å². The highest BCUT2D eigenvalue weighted by molar-refractivity contribution is 5.82. The molecule has 94 valence electrons. The van der Waals surface area contributed by atoms with Crippen LogP contribution < -0.4 is 5.32 Å². The summed E-state index contributed by atoms with van der Waals surface area (Å²) < 4.78 is 10.3. The molecule has 0 fully saturated rings. The number of rotatable bonds is 6. The highest BCUT2D eigenvalue weighted by Crippen LogP contribution is 2.23. The van der Waals surface area contributed by atoms with Gasteiger partial charge < -0.3 is 9.47 Å². The largest absolute Gasteiger partial charge is 0.467 e. The summed E-state index contributed by atoms with van der Waals surface area (Å²) in [5.74, 6) is -0.348. The fraction of sp³-hybridized carbons (Fsp3) is 0.462. The van der Waals surface area contributed by atoms with Gasteiger partial charge in [0, 0.05) is 6.61 Å². The van der Waals surface area contributed by atoms with Gasteiger partial charge in [0.2, 0.25) is 0 Å². The van der Waals surface area contributed by atoms with E-state index in [4.69, 9.17) is 9.47 Å². The van der Waals surface area contributed by atoms with Gasteiger partial charge in [0.15, 0.2) is 5.54 Å². The van der Waals surface area contributed by atoms with E-state index in [0.717, 1.165) is 5.56 Å². The molecule has 1 atom stereocenters. The third kappa shape index (κ3) is 2.84. The van der Waals surface area contributed by atoms with Gasteiger partial charge >= 0.3 is 5.97 Å². The maximum Gasteiger partial charge on any atom is 0.333 e. The smallest absolute Gasteiger partial charge is 0.333 e. The molecule has 17 heavy (non-hydrogen) atoms. The minimum Gasteiger partial charge on any atom is -0.467 e. The van der Waals surface area contributed by atoms with Crippen LogP contribution in [-0.4, -0.2) is 33.3 Å². The van der Waals surface area contributed by atoms with Gasteiger partial charge in [-0.05, 0) is 19.5 Å². The minimum atomic E-state index is -0.938. The molecular weight excluding hydrogens is 218 g/mol. The highest BCUT2D eigenvalue weighted by Gasteiger charge is 2.40. The van der Waals surface area contributed by atoms with E-state index in [1.807, 2.05) is 37.3 Å². The van der Waals surface area contributed by atoms with Crippen molar-refractivity contribution in [1.82, 2.24) is 5.32 Å². The number of esters is 1. The first-order valence-electron chi connectivity index (χ1n) is 5.62. The number of methoxy groups -OCH3 is 1. The molecule has 0 aliphatic heterocycles. The average molecular weight is 237 g/mol. The highest BCUT2D eigenvalue weighted by atomic mass is 16.5. The predicted molar refractivity (Wildman–Crippen MR) is 65.7 cm³/mol. The number of benzene rings is 1. The number of likely N-dealkylation sites (N-methyl/N-ethyl adjacent to an activating group) is 1. The molecule has 1 rings (SSSR count). The van der Waals surface area contributed by atoms with Crippen LogP contribution in [0.5, 0.6) is 0 Å². The van der Waals surface area contributed by atoms with Crippen molar-refractivity contribution >= 4 is 5.97 Å². The summed E-state index contributed by atoms with van der Waals surface area (Å²) in [7, 11) is 3.10. The third-order valence-corrected chi connectivity index (χ3v) is 2.75. The van der Waals surface area contributed by atoms with E-state index >= 15 is 0 Å². The molecule has 0 spiro atoms. The average Bonchev–Trinajstić information content (AvgIpc) is 2.41. The number of nitrogens with one attached hydrogen (secondary N) is 1. The summed E-state index contributed by atoms with van der Waals surface area (Å²) >= 11 is 0. The standard InChI is InChI=1S/C13H19NO3/c1-4-17-10-13(14-2,12(15)16-3)11-8-6-5-7-9-11/h5-9,14H,4,10H2,1-3H3. The monoisotopic (exact) mass is 237 g/mol. The summed E-state index contributed by atoms with van der Waals surface area (Å²) in [5, 5.41) is 3.02. The molecule has 4 nitrogen and oxygen atoms in total. The van der Waals surface area contributed by atoms with Crippen molar-refractivity contribution in [2.45, 2.75) is 12.5 Å². The zero-order valence-corrected chi connectivity index (χ0v) is 10.5. The second kappa shape index (κ2) is 6.37. The molecule has 0 aliphatic carbocycles. The van der Waals surface area contributed by atoms with Crippen LogP contribution >= 0.6 is 0 Å². The summed E-state index contributed by atoms with van der Waals surface area (Å²) in [6.45, 7) is 2.69. The lowest BCUT2D eigenvalue weighted by Gasteiger charge is -2.30. The van der Waals surface area contributed by atoms with Crippen LogP contribution in [0.1, 0.15) is 12.5 Å². The topological polar surface area (TPSA) is 47.6 Å². The van der Waals surface area contributed by atoms with Gasteiger partial charge in [0.25, 0.3) is 0 Å². The third-order valence-electron chi connectivity index (χ3n) is 2.75. The molecule has 1 aromatic rings. The van der Waals surface area contributed by atoms with Crippen molar-refractivity contribution < 1.29 is 14.3 Å². The predicted octanol–water partition coefficient (Wildman–Crippen LogP) is 1.31. The number of hydrogen-bond donors (Lipinski definition) is 1. The Morgan fingerprint density at radius 1 is 1.35 bits per heavy atom. The zero-order chi connectivity index (χ0) is 12.7. The number of hydrogen-bond acceptors (Lipinski definition) is 4. The fourth-order valence-electron chi connectivity index (χ4n) is 1.73. The Labute approximate surface area is 102 Å². The molecule has 0 aliphatic rings. The second-order valence-corrected chi connectivity index (χ2v) is 3.65. The van der Waals surface area contributed by atoms with Crippen LogP contribution in [0.4, 0.5) is 0 Å². The maximum atomic E-state index is 12.0. The molecule has 0 saturated heterocycles. The molecule has 1 N–H and O–H groups in total. The van der Waals surface area contributed by atoms with Crippen LogP contribution in [0.3, 0.4) is 0 Å². The molecule has 4 heteroatoms. The van der Waals surface area contributed by atoms with Gasteiger partial charge in [0.1, 0.15) is 0 Å². The lowest BCUT2D eigenvalue weighted by atomic mass is 9.91. The van der Waals surface area contributed by atoms with Crippen LogP contribution in [0.15, 0.2) is 30.3 Å². The Bertz CT molecular complexity index is 353. The minimum absolute atomic E-state index is 0.247. The maximum absolute atomic E-state index is 12.0. The van der Waals surface area contributed by atoms with E-state index < -0.39 is 5.54 Å². The van der Waals surface area contributed by atoms with Gasteiger partial charge in [-0.2, -0.15) is 0 Å². The molecule has 0 aromatic heterocycles. The SMILES string of the molecule is CCOCC(NC)(C(=O)OC)c1ccccc1. The number of carbonyl (C=O) groups is 1. The quantitative estimate of drug-likeness (QED) is 0.758. The number of carbonyl (C=O) groups excluding carboxylic acids is 1. The fourth-order valence-corrected chi connectivity index (χ4v) is 1.73. The van der Waals surface area contributed by atoms with Crippen LogP contribution in [0.2, 0.25) is 0 Å². The Balaban J connectivity index is 3.11. The molecular formula is C13H19NO3. The van der Waals surface area contributed by atoms with Crippen molar-refractivity contribution in [2.75, 3.05) is 27.4 Å². The Hall–Kier alpha value is -1.39.